The molecule has 0 spiro atoms. The molecule has 0 bridgehead atoms. The van der Waals surface area contributed by atoms with Gasteiger partial charge in [0.25, 0.3) is 0 Å². The fourth-order valence-corrected chi connectivity index (χ4v) is 1.83. The zero-order chi connectivity index (χ0) is 11.4. The van der Waals surface area contributed by atoms with Gasteiger partial charge >= 0.3 is 0 Å². The summed E-state index contributed by atoms with van der Waals surface area (Å²) in [6.07, 6.45) is 0.170. The van der Waals surface area contributed by atoms with Crippen molar-refractivity contribution in [1.82, 2.24) is 10.6 Å². The summed E-state index contributed by atoms with van der Waals surface area (Å²) in [5, 5.41) is 24.1. The van der Waals surface area contributed by atoms with Crippen LogP contribution < -0.4 is 10.6 Å². The van der Waals surface area contributed by atoms with Gasteiger partial charge in [-0.25, -0.2) is 0 Å². The molecule has 1 rings (SSSR count). The Labute approximate surface area is 89.9 Å². The van der Waals surface area contributed by atoms with E-state index in [1.807, 2.05) is 6.92 Å². The first-order valence-corrected chi connectivity index (χ1v) is 5.39. The average Bonchev–Trinajstić information content (AvgIpc) is 2.49. The summed E-state index contributed by atoms with van der Waals surface area (Å²) in [6.45, 7) is 4.03. The predicted octanol–water partition coefficient (Wildman–Crippen LogP) is -1.02. The van der Waals surface area contributed by atoms with Gasteiger partial charge in [0.15, 0.2) is 0 Å². The molecular formula is C10H20N2O3. The number of β-amino-alcohol motifs (C(OH)–C–C–N with tert-alkyl or cyclic N) is 1. The third-order valence-electron chi connectivity index (χ3n) is 2.51. The maximum Gasteiger partial charge on any atom is 0.237 e. The zero-order valence-corrected chi connectivity index (χ0v) is 9.23. The Balaban J connectivity index is 2.29. The number of amides is 1. The van der Waals surface area contributed by atoms with Gasteiger partial charge in [-0.05, 0) is 26.7 Å². The first-order valence-electron chi connectivity index (χ1n) is 5.39. The van der Waals surface area contributed by atoms with Crippen molar-refractivity contribution in [3.8, 4) is 0 Å². The molecule has 1 aliphatic heterocycles. The van der Waals surface area contributed by atoms with Gasteiger partial charge < -0.3 is 20.8 Å². The Hall–Kier alpha value is -0.650. The molecule has 0 aromatic heterocycles. The van der Waals surface area contributed by atoms with E-state index in [1.165, 1.54) is 0 Å². The van der Waals surface area contributed by atoms with Gasteiger partial charge in [0, 0.05) is 12.6 Å². The van der Waals surface area contributed by atoms with E-state index >= 15 is 0 Å². The van der Waals surface area contributed by atoms with Crippen molar-refractivity contribution in [2.24, 2.45) is 0 Å². The van der Waals surface area contributed by atoms with Crippen molar-refractivity contribution in [2.75, 3.05) is 6.54 Å². The van der Waals surface area contributed by atoms with E-state index in [9.17, 15) is 9.90 Å². The second-order valence-corrected chi connectivity index (χ2v) is 4.34. The minimum absolute atomic E-state index is 0.0444. The highest BCUT2D eigenvalue weighted by Gasteiger charge is 2.28. The van der Waals surface area contributed by atoms with E-state index in [4.69, 9.17) is 5.11 Å². The molecule has 0 aromatic rings. The number of aliphatic hydroxyl groups is 2. The largest absolute Gasteiger partial charge is 0.393 e. The first kappa shape index (κ1) is 12.4. The highest BCUT2D eigenvalue weighted by molar-refractivity contribution is 5.82. The van der Waals surface area contributed by atoms with Crippen molar-refractivity contribution in [1.29, 1.82) is 0 Å². The standard InChI is InChI=1S/C10H20N2O3/c1-6(3-7(2)13)12-10(15)9-4-8(14)5-11-9/h6-9,11,13-14H,3-5H2,1-2H3,(H,12,15). The van der Waals surface area contributed by atoms with E-state index in [0.29, 0.717) is 19.4 Å². The number of hydrogen-bond donors (Lipinski definition) is 4. The van der Waals surface area contributed by atoms with Gasteiger partial charge in [0.05, 0.1) is 18.2 Å². The SMILES string of the molecule is CC(O)CC(C)NC(=O)C1CC(O)CN1. The molecule has 88 valence electrons. The molecule has 5 nitrogen and oxygen atoms in total. The molecule has 0 aliphatic carbocycles. The fraction of sp³-hybridized carbons (Fsp3) is 0.900. The summed E-state index contributed by atoms with van der Waals surface area (Å²) in [4.78, 5) is 11.6. The highest BCUT2D eigenvalue weighted by Crippen LogP contribution is 2.07. The molecule has 1 saturated heterocycles. The molecule has 1 aliphatic rings. The van der Waals surface area contributed by atoms with Crippen LogP contribution in [0.2, 0.25) is 0 Å². The Morgan fingerprint density at radius 3 is 2.73 bits per heavy atom. The van der Waals surface area contributed by atoms with Crippen molar-refractivity contribution in [3.05, 3.63) is 0 Å². The number of hydrogen-bond acceptors (Lipinski definition) is 4. The van der Waals surface area contributed by atoms with E-state index in [1.54, 1.807) is 6.92 Å². The molecule has 0 radical (unpaired) electrons. The van der Waals surface area contributed by atoms with Crippen molar-refractivity contribution < 1.29 is 15.0 Å². The lowest BCUT2D eigenvalue weighted by Crippen LogP contribution is -2.44. The summed E-state index contributed by atoms with van der Waals surface area (Å²) in [7, 11) is 0. The smallest absolute Gasteiger partial charge is 0.237 e. The van der Waals surface area contributed by atoms with Crippen LogP contribution in [0.5, 0.6) is 0 Å². The van der Waals surface area contributed by atoms with Crippen LogP contribution in [0.4, 0.5) is 0 Å². The number of carbonyl (C=O) groups is 1. The molecule has 4 atom stereocenters. The van der Waals surface area contributed by atoms with Crippen LogP contribution in [0.3, 0.4) is 0 Å². The fourth-order valence-electron chi connectivity index (χ4n) is 1.83. The van der Waals surface area contributed by atoms with Crippen LogP contribution in [-0.4, -0.2) is 47.0 Å². The second kappa shape index (κ2) is 5.44. The molecule has 1 heterocycles. The number of rotatable bonds is 4. The predicted molar refractivity (Wildman–Crippen MR) is 56.3 cm³/mol. The molecule has 4 N–H and O–H groups in total. The van der Waals surface area contributed by atoms with Crippen LogP contribution in [0, 0.1) is 0 Å². The minimum atomic E-state index is -0.423. The Morgan fingerprint density at radius 1 is 1.60 bits per heavy atom. The summed E-state index contributed by atoms with van der Waals surface area (Å²) >= 11 is 0. The molecule has 0 saturated carbocycles. The third kappa shape index (κ3) is 4.15. The topological polar surface area (TPSA) is 81.6 Å². The maximum absolute atomic E-state index is 11.6. The molecule has 4 unspecified atom stereocenters. The lowest BCUT2D eigenvalue weighted by Gasteiger charge is -2.18. The van der Waals surface area contributed by atoms with Crippen LogP contribution in [0.15, 0.2) is 0 Å². The van der Waals surface area contributed by atoms with E-state index < -0.39 is 12.2 Å². The van der Waals surface area contributed by atoms with Gasteiger partial charge in [-0.3, -0.25) is 4.79 Å². The highest BCUT2D eigenvalue weighted by atomic mass is 16.3. The van der Waals surface area contributed by atoms with Crippen molar-refractivity contribution >= 4 is 5.91 Å². The Kier molecular flexibility index (Phi) is 4.50. The Morgan fingerprint density at radius 2 is 2.27 bits per heavy atom. The summed E-state index contributed by atoms with van der Waals surface area (Å²) < 4.78 is 0. The average molecular weight is 216 g/mol. The normalized spacial score (nSPS) is 29.9. The molecule has 1 amide bonds. The van der Waals surface area contributed by atoms with Crippen LogP contribution in [0.25, 0.3) is 0 Å². The van der Waals surface area contributed by atoms with Crippen LogP contribution in [0.1, 0.15) is 26.7 Å². The molecule has 15 heavy (non-hydrogen) atoms. The first-order chi connectivity index (χ1) is 6.99. The lowest BCUT2D eigenvalue weighted by molar-refractivity contribution is -0.123. The van der Waals surface area contributed by atoms with Gasteiger partial charge in [-0.2, -0.15) is 0 Å². The van der Waals surface area contributed by atoms with Gasteiger partial charge in [0.1, 0.15) is 0 Å². The monoisotopic (exact) mass is 216 g/mol. The second-order valence-electron chi connectivity index (χ2n) is 4.34. The van der Waals surface area contributed by atoms with Crippen molar-refractivity contribution in [2.45, 2.75) is 51.0 Å². The number of aliphatic hydroxyl groups excluding tert-OH is 2. The molecule has 1 fully saturated rings. The minimum Gasteiger partial charge on any atom is -0.393 e. The Bertz CT molecular complexity index is 221. The maximum atomic E-state index is 11.6. The third-order valence-corrected chi connectivity index (χ3v) is 2.51. The quantitative estimate of drug-likeness (QED) is 0.485. The summed E-state index contributed by atoms with van der Waals surface area (Å²) in [6, 6.07) is -0.339. The van der Waals surface area contributed by atoms with Crippen LogP contribution in [-0.2, 0) is 4.79 Å². The molecule has 0 aromatic carbocycles. The van der Waals surface area contributed by atoms with Crippen LogP contribution >= 0.6 is 0 Å². The van der Waals surface area contributed by atoms with Gasteiger partial charge in [0.2, 0.25) is 5.91 Å². The lowest BCUT2D eigenvalue weighted by atomic mass is 10.1. The number of carbonyl (C=O) groups excluding carboxylic acids is 1. The summed E-state index contributed by atoms with van der Waals surface area (Å²) in [5.74, 6) is -0.0975. The molecule has 5 heteroatoms. The van der Waals surface area contributed by atoms with E-state index in [0.717, 1.165) is 0 Å². The van der Waals surface area contributed by atoms with Crippen molar-refractivity contribution in [3.63, 3.8) is 0 Å². The van der Waals surface area contributed by atoms with Gasteiger partial charge in [-0.1, -0.05) is 0 Å². The van der Waals surface area contributed by atoms with E-state index in [2.05, 4.69) is 10.6 Å². The van der Waals surface area contributed by atoms with Gasteiger partial charge in [-0.15, -0.1) is 0 Å². The molecular weight excluding hydrogens is 196 g/mol. The summed E-state index contributed by atoms with van der Waals surface area (Å²) in [5.41, 5.74) is 0. The van der Waals surface area contributed by atoms with E-state index in [-0.39, 0.29) is 18.0 Å². The zero-order valence-electron chi connectivity index (χ0n) is 9.23. The number of nitrogens with one attached hydrogen (secondary N) is 2.